The largest absolute Gasteiger partial charge is 0.340 e. The first-order valence-electron chi connectivity index (χ1n) is 9.75. The number of hydrogen-bond donors (Lipinski definition) is 0. The molecule has 0 unspecified atom stereocenters. The number of aryl methyl sites for hydroxylation is 1. The van der Waals surface area contributed by atoms with Gasteiger partial charge >= 0.3 is 0 Å². The first-order valence-corrected chi connectivity index (χ1v) is 9.75. The van der Waals surface area contributed by atoms with Crippen LogP contribution in [0.25, 0.3) is 0 Å². The number of hydrogen-bond acceptors (Lipinski definition) is 5. The van der Waals surface area contributed by atoms with Crippen LogP contribution >= 0.6 is 0 Å². The molecular weight excluding hydrogens is 338 g/mol. The molecule has 2 aliphatic heterocycles. The van der Waals surface area contributed by atoms with Crippen LogP contribution in [0.5, 0.6) is 0 Å². The molecule has 2 aromatic rings. The minimum atomic E-state index is -0.0783. The Morgan fingerprint density at radius 2 is 1.89 bits per heavy atom. The lowest BCUT2D eigenvalue weighted by molar-refractivity contribution is -0.121. The van der Waals surface area contributed by atoms with E-state index in [1.807, 2.05) is 0 Å². The summed E-state index contributed by atoms with van der Waals surface area (Å²) >= 11 is 0. The van der Waals surface area contributed by atoms with E-state index in [0.29, 0.717) is 18.6 Å². The monoisotopic (exact) mass is 363 g/mol. The SMILES string of the molecule is Cc1nc2c(n1Cc1ccccc1)CN(C)C1=NCC3(CCC(=O)CC3)N12. The van der Waals surface area contributed by atoms with Crippen molar-refractivity contribution < 1.29 is 4.79 Å². The number of benzene rings is 1. The van der Waals surface area contributed by atoms with Crippen LogP contribution in [0.15, 0.2) is 35.3 Å². The molecule has 1 fully saturated rings. The molecule has 3 aliphatic rings. The van der Waals surface area contributed by atoms with Crippen molar-refractivity contribution in [3.8, 4) is 0 Å². The van der Waals surface area contributed by atoms with Gasteiger partial charge in [0.1, 0.15) is 11.6 Å². The van der Waals surface area contributed by atoms with Crippen molar-refractivity contribution in [2.75, 3.05) is 18.5 Å². The van der Waals surface area contributed by atoms with Crippen molar-refractivity contribution in [1.29, 1.82) is 0 Å². The van der Waals surface area contributed by atoms with Gasteiger partial charge in [-0.15, -0.1) is 0 Å². The maximum absolute atomic E-state index is 11.8. The van der Waals surface area contributed by atoms with E-state index >= 15 is 0 Å². The Kier molecular flexibility index (Phi) is 3.64. The number of aromatic nitrogens is 2. The summed E-state index contributed by atoms with van der Waals surface area (Å²) in [5.74, 6) is 3.48. The molecule has 0 radical (unpaired) electrons. The van der Waals surface area contributed by atoms with Crippen molar-refractivity contribution in [1.82, 2.24) is 14.5 Å². The predicted octanol–water partition coefficient (Wildman–Crippen LogP) is 2.74. The highest BCUT2D eigenvalue weighted by Crippen LogP contribution is 2.43. The topological polar surface area (TPSA) is 53.7 Å². The van der Waals surface area contributed by atoms with Crippen LogP contribution in [0, 0.1) is 6.92 Å². The molecule has 1 aliphatic carbocycles. The Hall–Kier alpha value is -2.63. The van der Waals surface area contributed by atoms with Gasteiger partial charge < -0.3 is 9.47 Å². The van der Waals surface area contributed by atoms with E-state index in [-0.39, 0.29) is 5.54 Å². The number of rotatable bonds is 2. The van der Waals surface area contributed by atoms with E-state index in [1.54, 1.807) is 0 Å². The number of ketones is 1. The van der Waals surface area contributed by atoms with Crippen molar-refractivity contribution in [2.45, 2.75) is 51.2 Å². The van der Waals surface area contributed by atoms with Crippen LogP contribution < -0.4 is 4.90 Å². The van der Waals surface area contributed by atoms with Crippen molar-refractivity contribution in [3.63, 3.8) is 0 Å². The van der Waals surface area contributed by atoms with E-state index in [0.717, 1.165) is 50.1 Å². The van der Waals surface area contributed by atoms with Gasteiger partial charge in [0.2, 0.25) is 5.96 Å². The Bertz CT molecular complexity index is 920. The van der Waals surface area contributed by atoms with Gasteiger partial charge in [-0.1, -0.05) is 30.3 Å². The molecule has 1 saturated carbocycles. The van der Waals surface area contributed by atoms with Gasteiger partial charge in [0.15, 0.2) is 5.82 Å². The normalized spacial score (nSPS) is 20.7. The highest BCUT2D eigenvalue weighted by molar-refractivity contribution is 6.01. The molecule has 0 N–H and O–H groups in total. The summed E-state index contributed by atoms with van der Waals surface area (Å²) < 4.78 is 2.33. The molecule has 6 heteroatoms. The Labute approximate surface area is 159 Å². The second kappa shape index (κ2) is 5.94. The molecule has 3 heterocycles. The fraction of sp³-hybridized carbons (Fsp3) is 0.476. The van der Waals surface area contributed by atoms with E-state index in [2.05, 4.69) is 58.7 Å². The molecule has 0 amide bonds. The second-order valence-corrected chi connectivity index (χ2v) is 8.07. The minimum absolute atomic E-state index is 0.0783. The van der Waals surface area contributed by atoms with E-state index < -0.39 is 0 Å². The fourth-order valence-electron chi connectivity index (χ4n) is 4.76. The smallest absolute Gasteiger partial charge is 0.203 e. The minimum Gasteiger partial charge on any atom is -0.340 e. The summed E-state index contributed by atoms with van der Waals surface area (Å²) in [6.45, 7) is 4.50. The third kappa shape index (κ3) is 2.50. The lowest BCUT2D eigenvalue weighted by atomic mass is 9.80. The van der Waals surface area contributed by atoms with Crippen LogP contribution in [-0.2, 0) is 17.9 Å². The number of carbonyl (C=O) groups is 1. The number of nitrogens with zero attached hydrogens (tertiary/aromatic N) is 5. The van der Waals surface area contributed by atoms with Crippen molar-refractivity contribution >= 4 is 17.6 Å². The Balaban J connectivity index is 1.57. The Morgan fingerprint density at radius 3 is 2.63 bits per heavy atom. The fourth-order valence-corrected chi connectivity index (χ4v) is 4.76. The third-order valence-corrected chi connectivity index (χ3v) is 6.29. The molecule has 1 spiro atoms. The zero-order valence-electron chi connectivity index (χ0n) is 16.0. The average molecular weight is 363 g/mol. The maximum Gasteiger partial charge on any atom is 0.203 e. The average Bonchev–Trinajstić information content (AvgIpc) is 3.19. The van der Waals surface area contributed by atoms with E-state index in [1.165, 1.54) is 11.3 Å². The number of guanidine groups is 1. The maximum atomic E-state index is 11.8. The summed E-state index contributed by atoms with van der Waals surface area (Å²) in [4.78, 5) is 26.3. The standard InChI is InChI=1S/C21H25N5O/c1-15-23-19-18(25(15)12-16-6-4-3-5-7-16)13-24(2)20-22-14-21(26(19)20)10-8-17(27)9-11-21/h3-7H,8-14H2,1-2H3. The summed E-state index contributed by atoms with van der Waals surface area (Å²) in [5, 5.41) is 0. The van der Waals surface area contributed by atoms with Gasteiger partial charge in [-0.25, -0.2) is 4.98 Å². The molecular formula is C21H25N5O. The van der Waals surface area contributed by atoms with Gasteiger partial charge in [-0.3, -0.25) is 14.7 Å². The van der Waals surface area contributed by atoms with Crippen LogP contribution in [0.4, 0.5) is 5.82 Å². The number of carbonyl (C=O) groups excluding carboxylic acids is 1. The van der Waals surface area contributed by atoms with Crippen LogP contribution in [0.1, 0.15) is 42.8 Å². The summed E-state index contributed by atoms with van der Waals surface area (Å²) in [6, 6.07) is 10.5. The predicted molar refractivity (Wildman–Crippen MR) is 105 cm³/mol. The third-order valence-electron chi connectivity index (χ3n) is 6.29. The molecule has 0 atom stereocenters. The van der Waals surface area contributed by atoms with Crippen molar-refractivity contribution in [2.24, 2.45) is 4.99 Å². The van der Waals surface area contributed by atoms with Crippen LogP contribution in [0.3, 0.4) is 0 Å². The molecule has 1 aromatic heterocycles. The number of imidazole rings is 1. The number of fused-ring (bicyclic) bond motifs is 4. The van der Waals surface area contributed by atoms with E-state index in [4.69, 9.17) is 9.98 Å². The van der Waals surface area contributed by atoms with Crippen LogP contribution in [-0.4, -0.2) is 45.3 Å². The van der Waals surface area contributed by atoms with Gasteiger partial charge in [0.05, 0.1) is 24.3 Å². The molecule has 6 nitrogen and oxygen atoms in total. The highest BCUT2D eigenvalue weighted by Gasteiger charge is 2.50. The van der Waals surface area contributed by atoms with E-state index in [9.17, 15) is 4.79 Å². The molecule has 5 rings (SSSR count). The summed E-state index contributed by atoms with van der Waals surface area (Å²) in [5.41, 5.74) is 2.45. The zero-order chi connectivity index (χ0) is 18.6. The molecule has 1 aromatic carbocycles. The van der Waals surface area contributed by atoms with Gasteiger partial charge in [0, 0.05) is 26.4 Å². The number of aliphatic imine (C=N–C) groups is 1. The lowest BCUT2D eigenvalue weighted by Crippen LogP contribution is -2.57. The van der Waals surface area contributed by atoms with Gasteiger partial charge in [-0.2, -0.15) is 0 Å². The molecule has 0 saturated heterocycles. The summed E-state index contributed by atoms with van der Waals surface area (Å²) in [6.07, 6.45) is 3.05. The van der Waals surface area contributed by atoms with Gasteiger partial charge in [0.25, 0.3) is 0 Å². The molecule has 0 bridgehead atoms. The first kappa shape index (κ1) is 16.5. The lowest BCUT2D eigenvalue weighted by Gasteiger charge is -2.45. The van der Waals surface area contributed by atoms with Crippen molar-refractivity contribution in [3.05, 3.63) is 47.4 Å². The number of anilines is 1. The summed E-state index contributed by atoms with van der Waals surface area (Å²) in [7, 11) is 2.11. The second-order valence-electron chi connectivity index (χ2n) is 8.07. The molecule has 140 valence electrons. The first-order chi connectivity index (χ1) is 13.1. The van der Waals surface area contributed by atoms with Crippen LogP contribution in [0.2, 0.25) is 0 Å². The Morgan fingerprint density at radius 1 is 1.15 bits per heavy atom. The quantitative estimate of drug-likeness (QED) is 0.823. The highest BCUT2D eigenvalue weighted by atomic mass is 16.1. The molecule has 27 heavy (non-hydrogen) atoms. The van der Waals surface area contributed by atoms with Gasteiger partial charge in [-0.05, 0) is 25.3 Å². The zero-order valence-corrected chi connectivity index (χ0v) is 16.0. The number of Topliss-reactive ketones (excluding diaryl/α,β-unsaturated/α-hetero) is 1.